The van der Waals surface area contributed by atoms with Crippen molar-refractivity contribution in [3.63, 3.8) is 0 Å². The summed E-state index contributed by atoms with van der Waals surface area (Å²) < 4.78 is 7.66. The second kappa shape index (κ2) is 11.7. The van der Waals surface area contributed by atoms with Crippen molar-refractivity contribution in [3.05, 3.63) is 67.1 Å². The van der Waals surface area contributed by atoms with Crippen LogP contribution < -0.4 is 25.3 Å². The van der Waals surface area contributed by atoms with Gasteiger partial charge in [-0.3, -0.25) is 14.3 Å². The van der Waals surface area contributed by atoms with E-state index in [1.54, 1.807) is 7.11 Å². The maximum absolute atomic E-state index is 12.4. The van der Waals surface area contributed by atoms with E-state index < -0.39 is 0 Å². The molecule has 1 atom stereocenters. The van der Waals surface area contributed by atoms with Gasteiger partial charge in [-0.1, -0.05) is 18.7 Å². The van der Waals surface area contributed by atoms with Crippen LogP contribution in [0, 0.1) is 0 Å². The highest BCUT2D eigenvalue weighted by molar-refractivity contribution is 6.02. The fourth-order valence-electron chi connectivity index (χ4n) is 5.57. The number of amides is 1. The summed E-state index contributed by atoms with van der Waals surface area (Å²) in [5.41, 5.74) is 4.40. The summed E-state index contributed by atoms with van der Waals surface area (Å²) in [7, 11) is 5.68. The number of hydroxylamine groups is 1. The number of benzene rings is 2. The number of hydrogen-bond donors (Lipinski definition) is 2. The maximum atomic E-state index is 12.4. The molecule has 2 aliphatic rings. The number of hydrogen-bond acceptors (Lipinski definition) is 10. The van der Waals surface area contributed by atoms with Crippen molar-refractivity contribution >= 4 is 45.5 Å². The Labute approximate surface area is 244 Å². The topological polar surface area (TPSA) is 113 Å². The molecule has 2 aliphatic heterocycles. The lowest BCUT2D eigenvalue weighted by molar-refractivity contribution is -0.111. The molecule has 0 aliphatic carbocycles. The minimum Gasteiger partial charge on any atom is -0.494 e. The minimum absolute atomic E-state index is 0.0289. The summed E-state index contributed by atoms with van der Waals surface area (Å²) in [6.45, 7) is 7.71. The second-order valence-corrected chi connectivity index (χ2v) is 10.5. The van der Waals surface area contributed by atoms with Gasteiger partial charge in [0.2, 0.25) is 5.91 Å². The first-order valence-electron chi connectivity index (χ1n) is 14.0. The third kappa shape index (κ3) is 5.33. The van der Waals surface area contributed by atoms with Crippen LogP contribution in [0.1, 0.15) is 18.0 Å². The number of aryl methyl sites for hydroxylation is 1. The number of rotatable bonds is 8. The molecular weight excluding hydrogens is 534 g/mol. The summed E-state index contributed by atoms with van der Waals surface area (Å²) in [5.74, 6) is 1.52. The molecule has 0 radical (unpaired) electrons. The van der Waals surface area contributed by atoms with Gasteiger partial charge in [-0.15, -0.1) is 0 Å². The zero-order chi connectivity index (χ0) is 29.2. The third-order valence-electron chi connectivity index (χ3n) is 7.84. The van der Waals surface area contributed by atoms with Crippen molar-refractivity contribution < 1.29 is 14.4 Å². The lowest BCUT2D eigenvalue weighted by Gasteiger charge is -2.35. The van der Waals surface area contributed by atoms with Crippen LogP contribution in [0.2, 0.25) is 0 Å². The predicted molar refractivity (Wildman–Crippen MR) is 163 cm³/mol. The zero-order valence-corrected chi connectivity index (χ0v) is 24.1. The van der Waals surface area contributed by atoms with E-state index in [1.807, 2.05) is 47.3 Å². The van der Waals surface area contributed by atoms with Crippen LogP contribution in [-0.2, 0) is 16.7 Å². The Hall–Kier alpha value is -4.68. The molecule has 4 aromatic rings. The molecule has 12 heteroatoms. The Balaban J connectivity index is 1.30. The standard InChI is InChI=1S/C30H35N9O3/c1-5-30(40)35-22-15-23(27(41-4)16-26(22)38-12-10-36(2)11-13-38)34-28-17-29(32-19-31-28)39-25(9-14-42-39)20-7-6-8-24-21(20)18-33-37(24)3/h5-8,15-19,25H,1,9-14H2,2-4H3,(H,35,40)(H,31,32,34). The Bertz CT molecular complexity index is 1610. The third-order valence-corrected chi connectivity index (χ3v) is 7.84. The molecule has 2 aromatic carbocycles. The van der Waals surface area contributed by atoms with E-state index in [1.165, 1.54) is 12.4 Å². The first-order chi connectivity index (χ1) is 20.4. The Morgan fingerprint density at radius 3 is 2.74 bits per heavy atom. The monoisotopic (exact) mass is 569 g/mol. The number of piperazine rings is 1. The van der Waals surface area contributed by atoms with Crippen molar-refractivity contribution in [3.8, 4) is 5.75 Å². The number of nitrogens with zero attached hydrogens (tertiary/aromatic N) is 7. The van der Waals surface area contributed by atoms with Gasteiger partial charge in [0, 0.05) is 57.2 Å². The molecule has 6 rings (SSSR count). The number of ether oxygens (including phenoxy) is 1. The molecule has 1 unspecified atom stereocenters. The minimum atomic E-state index is -0.285. The second-order valence-electron chi connectivity index (χ2n) is 10.5. The predicted octanol–water partition coefficient (Wildman–Crippen LogP) is 3.87. The number of anilines is 5. The van der Waals surface area contributed by atoms with Gasteiger partial charge >= 0.3 is 0 Å². The molecule has 0 spiro atoms. The fourth-order valence-corrected chi connectivity index (χ4v) is 5.57. The number of aromatic nitrogens is 4. The number of nitrogens with one attached hydrogen (secondary N) is 2. The lowest BCUT2D eigenvalue weighted by atomic mass is 10.0. The van der Waals surface area contributed by atoms with Gasteiger partial charge in [-0.05, 0) is 30.8 Å². The number of fused-ring (bicyclic) bond motifs is 1. The number of methoxy groups -OCH3 is 1. The van der Waals surface area contributed by atoms with Gasteiger partial charge in [0.1, 0.15) is 17.9 Å². The molecule has 4 heterocycles. The summed E-state index contributed by atoms with van der Waals surface area (Å²) in [4.78, 5) is 32.0. The van der Waals surface area contributed by atoms with Crippen molar-refractivity contribution in [2.45, 2.75) is 12.5 Å². The van der Waals surface area contributed by atoms with Crippen LogP contribution in [0.15, 0.2) is 61.6 Å². The summed E-state index contributed by atoms with van der Waals surface area (Å²) in [6.07, 6.45) is 5.48. The SMILES string of the molecule is C=CC(=O)Nc1cc(Nc2cc(N3OCCC3c3cccc4c3cnn4C)ncn2)c(OC)cc1N1CCN(C)CC1. The van der Waals surface area contributed by atoms with E-state index in [2.05, 4.69) is 61.3 Å². The summed E-state index contributed by atoms with van der Waals surface area (Å²) >= 11 is 0. The van der Waals surface area contributed by atoms with Crippen LogP contribution in [0.5, 0.6) is 5.75 Å². The highest BCUT2D eigenvalue weighted by Gasteiger charge is 2.31. The molecule has 12 nitrogen and oxygen atoms in total. The number of likely N-dealkylation sites (N-methyl/N-ethyl adjacent to an activating group) is 1. The Morgan fingerprint density at radius 1 is 1.12 bits per heavy atom. The van der Waals surface area contributed by atoms with Gasteiger partial charge in [-0.2, -0.15) is 5.10 Å². The average Bonchev–Trinajstić information content (AvgIpc) is 3.65. The van der Waals surface area contributed by atoms with Crippen molar-refractivity contribution in [1.82, 2.24) is 24.6 Å². The van der Waals surface area contributed by atoms with Crippen LogP contribution in [0.25, 0.3) is 10.9 Å². The largest absolute Gasteiger partial charge is 0.494 e. The lowest BCUT2D eigenvalue weighted by Crippen LogP contribution is -2.44. The average molecular weight is 570 g/mol. The smallest absolute Gasteiger partial charge is 0.247 e. The van der Waals surface area contributed by atoms with E-state index in [-0.39, 0.29) is 11.9 Å². The van der Waals surface area contributed by atoms with Gasteiger partial charge in [0.25, 0.3) is 0 Å². The molecule has 0 saturated carbocycles. The quantitative estimate of drug-likeness (QED) is 0.303. The zero-order valence-electron chi connectivity index (χ0n) is 24.1. The van der Waals surface area contributed by atoms with Crippen molar-refractivity contribution in [2.75, 3.05) is 67.5 Å². The molecule has 2 fully saturated rings. The van der Waals surface area contributed by atoms with Gasteiger partial charge in [0.05, 0.1) is 48.5 Å². The normalized spacial score (nSPS) is 17.5. The summed E-state index contributed by atoms with van der Waals surface area (Å²) in [5, 5.41) is 13.7. The molecular formula is C30H35N9O3. The molecule has 218 valence electrons. The van der Waals surface area contributed by atoms with Crippen molar-refractivity contribution in [1.29, 1.82) is 0 Å². The molecule has 2 saturated heterocycles. The first kappa shape index (κ1) is 27.5. The van der Waals surface area contributed by atoms with Crippen LogP contribution in [0.3, 0.4) is 0 Å². The van der Waals surface area contributed by atoms with E-state index >= 15 is 0 Å². The van der Waals surface area contributed by atoms with Gasteiger partial charge < -0.3 is 25.2 Å². The van der Waals surface area contributed by atoms with Crippen LogP contribution in [-0.4, -0.2) is 77.5 Å². The van der Waals surface area contributed by atoms with E-state index in [0.717, 1.165) is 54.8 Å². The van der Waals surface area contributed by atoms with Crippen LogP contribution >= 0.6 is 0 Å². The van der Waals surface area contributed by atoms with Gasteiger partial charge in [-0.25, -0.2) is 15.0 Å². The van der Waals surface area contributed by atoms with E-state index in [0.29, 0.717) is 35.4 Å². The highest BCUT2D eigenvalue weighted by Crippen LogP contribution is 2.40. The molecule has 1 amide bonds. The maximum Gasteiger partial charge on any atom is 0.247 e. The Kier molecular flexibility index (Phi) is 7.64. The summed E-state index contributed by atoms with van der Waals surface area (Å²) in [6, 6.07) is 11.9. The van der Waals surface area contributed by atoms with Gasteiger partial charge in [0.15, 0.2) is 5.82 Å². The molecule has 2 aromatic heterocycles. The first-order valence-corrected chi connectivity index (χ1v) is 14.0. The molecule has 0 bridgehead atoms. The van der Waals surface area contributed by atoms with E-state index in [9.17, 15) is 4.79 Å². The van der Waals surface area contributed by atoms with Crippen molar-refractivity contribution in [2.24, 2.45) is 7.05 Å². The highest BCUT2D eigenvalue weighted by atomic mass is 16.7. The van der Waals surface area contributed by atoms with E-state index in [4.69, 9.17) is 9.57 Å². The number of carbonyl (C=O) groups is 1. The Morgan fingerprint density at radius 2 is 1.95 bits per heavy atom. The molecule has 2 N–H and O–H groups in total. The molecule has 42 heavy (non-hydrogen) atoms. The van der Waals surface area contributed by atoms with Crippen LogP contribution in [0.4, 0.5) is 28.7 Å². The number of carbonyl (C=O) groups excluding carboxylic acids is 1. The fraction of sp³-hybridized carbons (Fsp3) is 0.333.